The molecule has 0 radical (unpaired) electrons. The molecule has 2 aromatic carbocycles. The zero-order valence-electron chi connectivity index (χ0n) is 9.09. The molecule has 0 aliphatic heterocycles. The number of halogens is 1. The minimum atomic E-state index is -0.398. The molecule has 4 nitrogen and oxygen atoms in total. The maximum absolute atomic E-state index is 12.7. The van der Waals surface area contributed by atoms with Crippen LogP contribution in [0.3, 0.4) is 0 Å². The maximum atomic E-state index is 12.7. The highest BCUT2D eigenvalue weighted by Gasteiger charge is 2.07. The lowest BCUT2D eigenvalue weighted by Crippen LogP contribution is -1.87. The Labute approximate surface area is 107 Å². The number of hydrogen-bond donors (Lipinski definition) is 4. The molecule has 0 aliphatic carbocycles. The van der Waals surface area contributed by atoms with E-state index in [1.165, 1.54) is 18.2 Å². The Hall–Kier alpha value is -2.08. The smallest absolute Gasteiger partial charge is 0.161 e. The Morgan fingerprint density at radius 1 is 0.889 bits per heavy atom. The third kappa shape index (κ3) is 2.78. The third-order valence-corrected chi connectivity index (χ3v) is 3.02. The van der Waals surface area contributed by atoms with E-state index in [0.29, 0.717) is 0 Å². The largest absolute Gasteiger partial charge is 0.506 e. The van der Waals surface area contributed by atoms with Crippen LogP contribution in [0.4, 0.5) is 10.1 Å². The standard InChI is InChI=1S/C12H10FNO3S/c13-7-1-3-8(4-2-7)18-14-9-5-11(16)12(17)6-10(9)15/h1-6,14-17H. The van der Waals surface area contributed by atoms with Crippen molar-refractivity contribution in [2.45, 2.75) is 4.90 Å². The van der Waals surface area contributed by atoms with Crippen LogP contribution in [0.5, 0.6) is 17.2 Å². The summed E-state index contributed by atoms with van der Waals surface area (Å²) in [5.74, 6) is -1.26. The van der Waals surface area contributed by atoms with Gasteiger partial charge in [0.05, 0.1) is 5.69 Å². The summed E-state index contributed by atoms with van der Waals surface area (Å²) in [6.07, 6.45) is 0. The predicted molar refractivity (Wildman–Crippen MR) is 67.3 cm³/mol. The van der Waals surface area contributed by atoms with E-state index < -0.39 is 5.75 Å². The summed E-state index contributed by atoms with van der Waals surface area (Å²) in [5.41, 5.74) is 0.250. The molecule has 0 atom stereocenters. The topological polar surface area (TPSA) is 72.7 Å². The highest BCUT2D eigenvalue weighted by Crippen LogP contribution is 2.37. The summed E-state index contributed by atoms with van der Waals surface area (Å²) in [6, 6.07) is 8.01. The van der Waals surface area contributed by atoms with Crippen molar-refractivity contribution in [3.8, 4) is 17.2 Å². The summed E-state index contributed by atoms with van der Waals surface area (Å²) in [6.45, 7) is 0. The number of phenolic OH excluding ortho intramolecular Hbond substituents is 3. The van der Waals surface area contributed by atoms with Gasteiger partial charge in [0, 0.05) is 17.0 Å². The highest BCUT2D eigenvalue weighted by molar-refractivity contribution is 8.00. The van der Waals surface area contributed by atoms with Crippen LogP contribution < -0.4 is 4.72 Å². The van der Waals surface area contributed by atoms with Gasteiger partial charge in [0.2, 0.25) is 0 Å². The molecule has 0 saturated heterocycles. The van der Waals surface area contributed by atoms with Crippen LogP contribution in [0, 0.1) is 5.82 Å². The molecule has 0 heterocycles. The van der Waals surface area contributed by atoms with Gasteiger partial charge in [0.1, 0.15) is 11.6 Å². The minimum absolute atomic E-state index is 0.195. The van der Waals surface area contributed by atoms with Crippen molar-refractivity contribution in [1.29, 1.82) is 0 Å². The zero-order chi connectivity index (χ0) is 13.1. The Balaban J connectivity index is 2.10. The first-order valence-electron chi connectivity index (χ1n) is 4.99. The molecule has 0 amide bonds. The maximum Gasteiger partial charge on any atom is 0.161 e. The summed E-state index contributed by atoms with van der Waals surface area (Å²) < 4.78 is 15.5. The van der Waals surface area contributed by atoms with Crippen molar-refractivity contribution in [3.05, 3.63) is 42.2 Å². The van der Waals surface area contributed by atoms with Gasteiger partial charge >= 0.3 is 0 Å². The van der Waals surface area contributed by atoms with Gasteiger partial charge in [-0.05, 0) is 36.2 Å². The van der Waals surface area contributed by atoms with Crippen LogP contribution in [-0.2, 0) is 0 Å². The Kier molecular flexibility index (Phi) is 3.47. The van der Waals surface area contributed by atoms with Gasteiger partial charge < -0.3 is 20.0 Å². The van der Waals surface area contributed by atoms with Crippen LogP contribution in [0.15, 0.2) is 41.3 Å². The lowest BCUT2D eigenvalue weighted by Gasteiger charge is -2.08. The molecular weight excluding hydrogens is 257 g/mol. The van der Waals surface area contributed by atoms with Crippen molar-refractivity contribution in [2.24, 2.45) is 0 Å². The van der Waals surface area contributed by atoms with Crippen LogP contribution in [0.2, 0.25) is 0 Å². The van der Waals surface area contributed by atoms with Gasteiger partial charge in [-0.1, -0.05) is 0 Å². The van der Waals surface area contributed by atoms with E-state index in [9.17, 15) is 14.6 Å². The summed E-state index contributed by atoms with van der Waals surface area (Å²) in [7, 11) is 0. The average molecular weight is 267 g/mol. The normalized spacial score (nSPS) is 10.3. The average Bonchev–Trinajstić information content (AvgIpc) is 2.34. The van der Waals surface area contributed by atoms with Crippen molar-refractivity contribution >= 4 is 17.6 Å². The molecule has 0 spiro atoms. The zero-order valence-corrected chi connectivity index (χ0v) is 9.91. The molecular formula is C12H10FNO3S. The lowest BCUT2D eigenvalue weighted by molar-refractivity contribution is 0.397. The van der Waals surface area contributed by atoms with E-state index in [-0.39, 0.29) is 23.0 Å². The number of phenols is 3. The number of benzene rings is 2. The van der Waals surface area contributed by atoms with E-state index in [2.05, 4.69) is 4.72 Å². The fraction of sp³-hybridized carbons (Fsp3) is 0. The number of rotatable bonds is 3. The third-order valence-electron chi connectivity index (χ3n) is 2.19. The van der Waals surface area contributed by atoms with E-state index in [4.69, 9.17) is 5.11 Å². The molecule has 4 N–H and O–H groups in total. The Morgan fingerprint density at radius 2 is 1.50 bits per heavy atom. The van der Waals surface area contributed by atoms with Crippen molar-refractivity contribution in [1.82, 2.24) is 0 Å². The molecule has 0 bridgehead atoms. The van der Waals surface area contributed by atoms with Crippen molar-refractivity contribution in [2.75, 3.05) is 4.72 Å². The van der Waals surface area contributed by atoms with Crippen molar-refractivity contribution in [3.63, 3.8) is 0 Å². The predicted octanol–water partition coefficient (Wildman–Crippen LogP) is 3.06. The molecule has 94 valence electrons. The molecule has 2 rings (SSSR count). The van der Waals surface area contributed by atoms with Crippen molar-refractivity contribution < 1.29 is 19.7 Å². The summed E-state index contributed by atoms with van der Waals surface area (Å²) in [5, 5.41) is 28.0. The second-order valence-electron chi connectivity index (χ2n) is 3.52. The molecule has 0 fully saturated rings. The quantitative estimate of drug-likeness (QED) is 0.391. The highest BCUT2D eigenvalue weighted by atomic mass is 32.2. The van der Waals surface area contributed by atoms with E-state index in [0.717, 1.165) is 22.9 Å². The first-order valence-corrected chi connectivity index (χ1v) is 5.81. The van der Waals surface area contributed by atoms with Gasteiger partial charge in [-0.3, -0.25) is 0 Å². The van der Waals surface area contributed by atoms with E-state index in [1.54, 1.807) is 12.1 Å². The SMILES string of the molecule is Oc1cc(O)c(NSc2ccc(F)cc2)cc1O. The molecule has 0 aromatic heterocycles. The van der Waals surface area contributed by atoms with Gasteiger partial charge in [0.15, 0.2) is 11.5 Å². The fourth-order valence-corrected chi connectivity index (χ4v) is 1.93. The first kappa shape index (κ1) is 12.4. The van der Waals surface area contributed by atoms with Crippen LogP contribution >= 0.6 is 11.9 Å². The monoisotopic (exact) mass is 267 g/mol. The van der Waals surface area contributed by atoms with Crippen LogP contribution in [-0.4, -0.2) is 15.3 Å². The second kappa shape index (κ2) is 5.05. The summed E-state index contributed by atoms with van der Waals surface area (Å²) in [4.78, 5) is 0.739. The second-order valence-corrected chi connectivity index (χ2v) is 4.40. The number of hydrogen-bond acceptors (Lipinski definition) is 5. The van der Waals surface area contributed by atoms with Gasteiger partial charge in [-0.2, -0.15) is 0 Å². The minimum Gasteiger partial charge on any atom is -0.506 e. The van der Waals surface area contributed by atoms with Gasteiger partial charge in [0.25, 0.3) is 0 Å². The summed E-state index contributed by atoms with van der Waals surface area (Å²) >= 11 is 1.14. The number of anilines is 1. The molecule has 6 heteroatoms. The number of aromatic hydroxyl groups is 3. The van der Waals surface area contributed by atoms with Crippen LogP contribution in [0.25, 0.3) is 0 Å². The van der Waals surface area contributed by atoms with Gasteiger partial charge in [-0.15, -0.1) is 0 Å². The fourth-order valence-electron chi connectivity index (χ4n) is 1.26. The molecule has 18 heavy (non-hydrogen) atoms. The van der Waals surface area contributed by atoms with E-state index >= 15 is 0 Å². The molecule has 0 aliphatic rings. The molecule has 2 aromatic rings. The number of nitrogens with one attached hydrogen (secondary N) is 1. The van der Waals surface area contributed by atoms with E-state index in [1.807, 2.05) is 0 Å². The lowest BCUT2D eigenvalue weighted by atomic mass is 10.2. The van der Waals surface area contributed by atoms with Gasteiger partial charge in [-0.25, -0.2) is 4.39 Å². The Morgan fingerprint density at radius 3 is 2.17 bits per heavy atom. The Bertz CT molecular complexity index is 560. The molecule has 0 saturated carbocycles. The molecule has 0 unspecified atom stereocenters. The first-order chi connectivity index (χ1) is 8.56. The van der Waals surface area contributed by atoms with Crippen LogP contribution in [0.1, 0.15) is 0 Å².